The summed E-state index contributed by atoms with van der Waals surface area (Å²) in [5.41, 5.74) is 0.119. The maximum Gasteiger partial charge on any atom is 0.150 e. The average Bonchev–Trinajstić information content (AvgIpc) is 2.64. The molecule has 0 saturated heterocycles. The maximum absolute atomic E-state index is 10.2. The summed E-state index contributed by atoms with van der Waals surface area (Å²) >= 11 is 0. The first-order chi connectivity index (χ1) is 12.9. The van der Waals surface area contributed by atoms with Crippen LogP contribution in [0.4, 0.5) is 0 Å². The van der Waals surface area contributed by atoms with Gasteiger partial charge in [-0.2, -0.15) is 5.26 Å². The molecular weight excluding hydrogens is 325 g/mol. The Bertz CT molecular complexity index is 370. The fraction of sp³-hybridized carbons (Fsp3) is 0.960. The molecule has 1 unspecified atom stereocenters. The molecule has 0 aliphatic carbocycles. The lowest BCUT2D eigenvalue weighted by Crippen LogP contribution is -2.37. The molecule has 0 fully saturated rings. The number of rotatable bonds is 18. The molecule has 0 saturated carbocycles. The molecular formula is C25H50BN. The largest absolute Gasteiger partial charge is 0.199 e. The number of hydrogen-bond donors (Lipinski definition) is 0. The van der Waals surface area contributed by atoms with E-state index in [0.717, 1.165) is 25.9 Å². The summed E-state index contributed by atoms with van der Waals surface area (Å²) in [6.07, 6.45) is 19.7. The van der Waals surface area contributed by atoms with Gasteiger partial charge in [0, 0.05) is 5.31 Å². The second-order valence-corrected chi connectivity index (χ2v) is 9.66. The summed E-state index contributed by atoms with van der Waals surface area (Å²) in [6, 6.07) is 2.84. The monoisotopic (exact) mass is 375 g/mol. The maximum atomic E-state index is 10.2. The lowest BCUT2D eigenvalue weighted by Gasteiger charge is -2.43. The normalized spacial score (nSPS) is 14.1. The van der Waals surface area contributed by atoms with Crippen molar-refractivity contribution in [2.45, 2.75) is 149 Å². The molecule has 0 bridgehead atoms. The Balaban J connectivity index is 4.94. The summed E-state index contributed by atoms with van der Waals surface area (Å²) in [4.78, 5) is 0. The van der Waals surface area contributed by atoms with Crippen LogP contribution in [-0.4, -0.2) is 7.28 Å². The van der Waals surface area contributed by atoms with E-state index in [9.17, 15) is 5.26 Å². The van der Waals surface area contributed by atoms with Crippen molar-refractivity contribution in [3.63, 3.8) is 0 Å². The summed E-state index contributed by atoms with van der Waals surface area (Å²) in [7, 11) is 1.12. The van der Waals surface area contributed by atoms with Crippen LogP contribution in [0.1, 0.15) is 138 Å². The van der Waals surface area contributed by atoms with Gasteiger partial charge in [-0.25, -0.2) is 0 Å². The minimum absolute atomic E-state index is 0.119. The first-order valence-corrected chi connectivity index (χ1v) is 12.3. The quantitative estimate of drug-likeness (QED) is 0.173. The van der Waals surface area contributed by atoms with Crippen LogP contribution in [-0.2, 0) is 0 Å². The Morgan fingerprint density at radius 3 is 1.59 bits per heavy atom. The van der Waals surface area contributed by atoms with Crippen LogP contribution in [0.2, 0.25) is 11.1 Å². The van der Waals surface area contributed by atoms with E-state index in [1.165, 1.54) is 83.5 Å². The summed E-state index contributed by atoms with van der Waals surface area (Å²) in [6.45, 7) is 13.8. The van der Waals surface area contributed by atoms with Crippen molar-refractivity contribution in [3.05, 3.63) is 0 Å². The van der Waals surface area contributed by atoms with Crippen LogP contribution in [0.25, 0.3) is 0 Å². The molecule has 0 spiro atoms. The van der Waals surface area contributed by atoms with Crippen molar-refractivity contribution < 1.29 is 0 Å². The van der Waals surface area contributed by atoms with E-state index in [4.69, 9.17) is 0 Å². The minimum atomic E-state index is -0.152. The second kappa shape index (κ2) is 15.5. The molecule has 2 heteroatoms. The molecule has 0 N–H and O–H groups in total. The lowest BCUT2D eigenvalue weighted by molar-refractivity contribution is 0.246. The van der Waals surface area contributed by atoms with Gasteiger partial charge in [-0.05, 0) is 18.3 Å². The number of nitriles is 1. The van der Waals surface area contributed by atoms with Gasteiger partial charge in [0.15, 0.2) is 0 Å². The van der Waals surface area contributed by atoms with Crippen molar-refractivity contribution in [1.29, 1.82) is 5.26 Å². The van der Waals surface area contributed by atoms with Gasteiger partial charge in [0.05, 0.1) is 6.07 Å². The molecule has 0 radical (unpaired) electrons. The average molecular weight is 375 g/mol. The number of nitrogens with zero attached hydrogens (tertiary/aromatic N) is 1. The molecule has 0 aromatic rings. The fourth-order valence-electron chi connectivity index (χ4n) is 4.95. The van der Waals surface area contributed by atoms with Gasteiger partial charge >= 0.3 is 0 Å². The molecule has 158 valence electrons. The standard InChI is InChI=1S/C25H50BN/c1-7-11-13-15-17-19-23(20-18-16-14-12-8-2)26-25(10-4,22-27)24(5,6)21-9-3/h23,26H,7-21H2,1-6H3. The zero-order chi connectivity index (χ0) is 20.6. The lowest BCUT2D eigenvalue weighted by atomic mass is 9.36. The first-order valence-electron chi connectivity index (χ1n) is 12.3. The molecule has 1 atom stereocenters. The molecule has 27 heavy (non-hydrogen) atoms. The SMILES string of the molecule is CCCCCCCC(BC(C#N)(CC)C(C)(C)CCC)CCCCCCC. The van der Waals surface area contributed by atoms with E-state index in [0.29, 0.717) is 0 Å². The third-order valence-corrected chi connectivity index (χ3v) is 7.06. The highest BCUT2D eigenvalue weighted by Crippen LogP contribution is 2.52. The highest BCUT2D eigenvalue weighted by atomic mass is 14.4. The Kier molecular flexibility index (Phi) is 15.2. The molecule has 0 aromatic heterocycles. The molecule has 0 aliphatic heterocycles. The Morgan fingerprint density at radius 2 is 1.22 bits per heavy atom. The van der Waals surface area contributed by atoms with Gasteiger partial charge < -0.3 is 0 Å². The van der Waals surface area contributed by atoms with E-state index in [1.807, 2.05) is 0 Å². The van der Waals surface area contributed by atoms with Crippen LogP contribution in [0.15, 0.2) is 0 Å². The zero-order valence-corrected chi connectivity index (χ0v) is 19.8. The van der Waals surface area contributed by atoms with Crippen LogP contribution in [0.5, 0.6) is 0 Å². The predicted octanol–water partition coefficient (Wildman–Crippen LogP) is 8.85. The Labute approximate surface area is 173 Å². The molecule has 0 aromatic carbocycles. The molecule has 0 amide bonds. The van der Waals surface area contributed by atoms with E-state index in [1.54, 1.807) is 0 Å². The van der Waals surface area contributed by atoms with Crippen LogP contribution >= 0.6 is 0 Å². The minimum Gasteiger partial charge on any atom is -0.199 e. The Morgan fingerprint density at radius 1 is 0.741 bits per heavy atom. The second-order valence-electron chi connectivity index (χ2n) is 9.66. The third kappa shape index (κ3) is 10.1. The highest BCUT2D eigenvalue weighted by Gasteiger charge is 2.45. The van der Waals surface area contributed by atoms with Gasteiger partial charge in [0.25, 0.3) is 0 Å². The van der Waals surface area contributed by atoms with E-state index < -0.39 is 0 Å². The Hall–Kier alpha value is -0.445. The summed E-state index contributed by atoms with van der Waals surface area (Å²) in [5.74, 6) is 0.740. The number of unbranched alkanes of at least 4 members (excludes halogenated alkanes) is 8. The summed E-state index contributed by atoms with van der Waals surface area (Å²) in [5, 5.41) is 10.1. The van der Waals surface area contributed by atoms with Crippen molar-refractivity contribution in [3.8, 4) is 6.07 Å². The molecule has 0 aliphatic rings. The predicted molar refractivity (Wildman–Crippen MR) is 125 cm³/mol. The highest BCUT2D eigenvalue weighted by molar-refractivity contribution is 6.43. The van der Waals surface area contributed by atoms with E-state index in [-0.39, 0.29) is 10.7 Å². The fourth-order valence-corrected chi connectivity index (χ4v) is 4.95. The smallest absolute Gasteiger partial charge is 0.150 e. The van der Waals surface area contributed by atoms with Gasteiger partial charge in [0.1, 0.15) is 7.28 Å². The zero-order valence-electron chi connectivity index (χ0n) is 19.8. The van der Waals surface area contributed by atoms with Crippen molar-refractivity contribution >= 4 is 7.28 Å². The van der Waals surface area contributed by atoms with Crippen molar-refractivity contribution in [2.75, 3.05) is 0 Å². The first kappa shape index (κ1) is 26.6. The van der Waals surface area contributed by atoms with Crippen LogP contribution in [0, 0.1) is 16.7 Å². The van der Waals surface area contributed by atoms with Crippen LogP contribution < -0.4 is 0 Å². The molecule has 0 rings (SSSR count). The van der Waals surface area contributed by atoms with Gasteiger partial charge in [0.2, 0.25) is 0 Å². The van der Waals surface area contributed by atoms with Gasteiger partial charge in [-0.1, -0.05) is 131 Å². The topological polar surface area (TPSA) is 23.8 Å². The van der Waals surface area contributed by atoms with E-state index in [2.05, 4.69) is 47.6 Å². The summed E-state index contributed by atoms with van der Waals surface area (Å²) < 4.78 is 0. The van der Waals surface area contributed by atoms with Crippen LogP contribution in [0.3, 0.4) is 0 Å². The third-order valence-electron chi connectivity index (χ3n) is 7.06. The van der Waals surface area contributed by atoms with Crippen molar-refractivity contribution in [1.82, 2.24) is 0 Å². The number of hydrogen-bond acceptors (Lipinski definition) is 1. The van der Waals surface area contributed by atoms with Gasteiger partial charge in [-0.15, -0.1) is 0 Å². The molecule has 0 heterocycles. The molecule has 1 nitrogen and oxygen atoms in total. The van der Waals surface area contributed by atoms with Gasteiger partial charge in [-0.3, -0.25) is 0 Å². The van der Waals surface area contributed by atoms with E-state index >= 15 is 0 Å². The van der Waals surface area contributed by atoms with Crippen molar-refractivity contribution in [2.24, 2.45) is 5.41 Å².